The molecule has 4 heteroatoms. The molecule has 0 radical (unpaired) electrons. The number of hydrogen-bond donors (Lipinski definition) is 0. The molecule has 1 aliphatic heterocycles. The Hall–Kier alpha value is -0.0900. The first kappa shape index (κ1) is 8.51. The molecule has 0 amide bonds. The first-order valence-electron chi connectivity index (χ1n) is 4.35. The molecule has 1 aliphatic carbocycles. The Labute approximate surface area is 73.2 Å². The minimum Gasteiger partial charge on any atom is -0.263 e. The van der Waals surface area contributed by atoms with Crippen molar-refractivity contribution < 1.29 is 12.6 Å². The van der Waals surface area contributed by atoms with Crippen molar-refractivity contribution in [2.24, 2.45) is 11.8 Å². The van der Waals surface area contributed by atoms with Crippen molar-refractivity contribution in [2.75, 3.05) is 5.75 Å². The molecular formula is C8H14O3S. The molecule has 0 aromatic carbocycles. The number of hydrogen-bond acceptors (Lipinski definition) is 3. The summed E-state index contributed by atoms with van der Waals surface area (Å²) in [6.07, 6.45) is 1.91. The monoisotopic (exact) mass is 190 g/mol. The maximum absolute atomic E-state index is 11.2. The molecule has 0 spiro atoms. The molecule has 2 aliphatic rings. The Morgan fingerprint density at radius 2 is 2.17 bits per heavy atom. The van der Waals surface area contributed by atoms with E-state index in [4.69, 9.17) is 4.18 Å². The lowest BCUT2D eigenvalue weighted by Crippen LogP contribution is -2.38. The zero-order chi connectivity index (χ0) is 8.98. The van der Waals surface area contributed by atoms with E-state index in [9.17, 15) is 8.42 Å². The van der Waals surface area contributed by atoms with Crippen LogP contribution in [0.15, 0.2) is 0 Å². The van der Waals surface area contributed by atoms with Crippen LogP contribution < -0.4 is 0 Å². The fraction of sp³-hybridized carbons (Fsp3) is 1.00. The molecular weight excluding hydrogens is 176 g/mol. The predicted molar refractivity (Wildman–Crippen MR) is 45.2 cm³/mol. The van der Waals surface area contributed by atoms with E-state index in [2.05, 4.69) is 6.92 Å². The van der Waals surface area contributed by atoms with Crippen LogP contribution in [0.25, 0.3) is 0 Å². The van der Waals surface area contributed by atoms with Gasteiger partial charge in [0.25, 0.3) is 10.1 Å². The van der Waals surface area contributed by atoms with Gasteiger partial charge in [0.05, 0.1) is 11.4 Å². The van der Waals surface area contributed by atoms with Crippen molar-refractivity contribution >= 4 is 10.1 Å². The Morgan fingerprint density at radius 3 is 2.75 bits per heavy atom. The second kappa shape index (κ2) is 2.23. The molecule has 2 fully saturated rings. The molecule has 12 heavy (non-hydrogen) atoms. The van der Waals surface area contributed by atoms with Gasteiger partial charge in [0.1, 0.15) is 0 Å². The summed E-state index contributed by atoms with van der Waals surface area (Å²) in [4.78, 5) is 0. The molecule has 3 unspecified atom stereocenters. The normalized spacial score (nSPS) is 50.8. The third-order valence-electron chi connectivity index (χ3n) is 3.18. The van der Waals surface area contributed by atoms with Crippen LogP contribution in [0.1, 0.15) is 26.7 Å². The van der Waals surface area contributed by atoms with Crippen LogP contribution >= 0.6 is 0 Å². The summed E-state index contributed by atoms with van der Waals surface area (Å²) in [6, 6.07) is 0. The highest BCUT2D eigenvalue weighted by atomic mass is 32.2. The summed E-state index contributed by atoms with van der Waals surface area (Å²) in [7, 11) is -3.21. The maximum atomic E-state index is 11.2. The van der Waals surface area contributed by atoms with E-state index in [0.717, 1.165) is 12.8 Å². The average Bonchev–Trinajstić information content (AvgIpc) is 1.99. The van der Waals surface area contributed by atoms with Gasteiger partial charge in [0.2, 0.25) is 0 Å². The van der Waals surface area contributed by atoms with Crippen LogP contribution in [-0.4, -0.2) is 19.8 Å². The van der Waals surface area contributed by atoms with Crippen LogP contribution in [0.5, 0.6) is 0 Å². The smallest absolute Gasteiger partial charge is 0.263 e. The summed E-state index contributed by atoms with van der Waals surface area (Å²) in [5.41, 5.74) is -0.401. The van der Waals surface area contributed by atoms with Crippen molar-refractivity contribution in [3.05, 3.63) is 0 Å². The van der Waals surface area contributed by atoms with Gasteiger partial charge in [-0.05, 0) is 31.6 Å². The largest absolute Gasteiger partial charge is 0.268 e. The molecule has 3 nitrogen and oxygen atoms in total. The van der Waals surface area contributed by atoms with E-state index in [0.29, 0.717) is 11.8 Å². The van der Waals surface area contributed by atoms with Gasteiger partial charge in [-0.2, -0.15) is 8.42 Å². The van der Waals surface area contributed by atoms with Crippen molar-refractivity contribution in [3.8, 4) is 0 Å². The second-order valence-corrected chi connectivity index (χ2v) is 5.94. The van der Waals surface area contributed by atoms with Crippen LogP contribution in [0, 0.1) is 11.8 Å². The molecule has 2 bridgehead atoms. The van der Waals surface area contributed by atoms with Crippen molar-refractivity contribution in [2.45, 2.75) is 32.3 Å². The van der Waals surface area contributed by atoms with Crippen molar-refractivity contribution in [1.82, 2.24) is 0 Å². The van der Waals surface area contributed by atoms with Crippen LogP contribution in [0.4, 0.5) is 0 Å². The van der Waals surface area contributed by atoms with Crippen LogP contribution in [0.2, 0.25) is 0 Å². The van der Waals surface area contributed by atoms with E-state index in [1.807, 2.05) is 6.92 Å². The summed E-state index contributed by atoms with van der Waals surface area (Å²) in [5.74, 6) is 0.941. The SMILES string of the molecule is CC1CC2CC1(C)OS(=O)(=O)C2. The molecule has 1 saturated heterocycles. The molecule has 0 aromatic rings. The van der Waals surface area contributed by atoms with Gasteiger partial charge in [0.15, 0.2) is 0 Å². The lowest BCUT2D eigenvalue weighted by molar-refractivity contribution is 0.0548. The molecule has 70 valence electrons. The molecule has 2 rings (SSSR count). The highest BCUT2D eigenvalue weighted by Crippen LogP contribution is 2.47. The molecule has 0 N–H and O–H groups in total. The van der Waals surface area contributed by atoms with Gasteiger partial charge in [-0.1, -0.05) is 6.92 Å². The first-order chi connectivity index (χ1) is 5.41. The topological polar surface area (TPSA) is 43.4 Å². The van der Waals surface area contributed by atoms with Crippen molar-refractivity contribution in [1.29, 1.82) is 0 Å². The van der Waals surface area contributed by atoms with Gasteiger partial charge >= 0.3 is 0 Å². The minimum atomic E-state index is -3.21. The van der Waals surface area contributed by atoms with E-state index < -0.39 is 15.7 Å². The molecule has 1 saturated carbocycles. The zero-order valence-electron chi connectivity index (χ0n) is 7.41. The van der Waals surface area contributed by atoms with E-state index >= 15 is 0 Å². The summed E-state index contributed by atoms with van der Waals surface area (Å²) >= 11 is 0. The third-order valence-corrected chi connectivity index (χ3v) is 4.69. The van der Waals surface area contributed by atoms with Gasteiger partial charge < -0.3 is 0 Å². The fourth-order valence-electron chi connectivity index (χ4n) is 2.46. The summed E-state index contributed by atoms with van der Waals surface area (Å²) in [5, 5.41) is 0. The van der Waals surface area contributed by atoms with Gasteiger partial charge in [-0.15, -0.1) is 0 Å². The predicted octanol–water partition coefficient (Wildman–Crippen LogP) is 1.15. The molecule has 3 atom stereocenters. The standard InChI is InChI=1S/C8H14O3S/c1-6-3-7-4-8(6,2)11-12(9,10)5-7/h6-7H,3-5H2,1-2H3. The summed E-state index contributed by atoms with van der Waals surface area (Å²) < 4.78 is 27.6. The Morgan fingerprint density at radius 1 is 1.50 bits per heavy atom. The fourth-order valence-corrected chi connectivity index (χ4v) is 4.17. The molecule has 1 heterocycles. The Kier molecular flexibility index (Phi) is 1.58. The van der Waals surface area contributed by atoms with Crippen LogP contribution in [-0.2, 0) is 14.3 Å². The van der Waals surface area contributed by atoms with Crippen molar-refractivity contribution in [3.63, 3.8) is 0 Å². The average molecular weight is 190 g/mol. The highest BCUT2D eigenvalue weighted by Gasteiger charge is 2.50. The van der Waals surface area contributed by atoms with E-state index in [1.54, 1.807) is 0 Å². The summed E-state index contributed by atoms with van der Waals surface area (Å²) in [6.45, 7) is 3.98. The first-order valence-corrected chi connectivity index (χ1v) is 5.92. The van der Waals surface area contributed by atoms with E-state index in [1.165, 1.54) is 0 Å². The van der Waals surface area contributed by atoms with Gasteiger partial charge in [-0.25, -0.2) is 0 Å². The van der Waals surface area contributed by atoms with Gasteiger partial charge in [-0.3, -0.25) is 4.18 Å². The lowest BCUT2D eigenvalue weighted by Gasteiger charge is -2.31. The minimum absolute atomic E-state index is 0.229. The Bertz CT molecular complexity index is 295. The third kappa shape index (κ3) is 1.17. The van der Waals surface area contributed by atoms with E-state index in [-0.39, 0.29) is 5.75 Å². The second-order valence-electron chi connectivity index (χ2n) is 4.33. The maximum Gasteiger partial charge on any atom is 0.268 e. The molecule has 0 aromatic heterocycles. The van der Waals surface area contributed by atoms with Crippen LogP contribution in [0.3, 0.4) is 0 Å². The number of rotatable bonds is 0. The zero-order valence-corrected chi connectivity index (χ0v) is 8.23. The quantitative estimate of drug-likeness (QED) is 0.538. The number of fused-ring (bicyclic) bond motifs is 2. The van der Waals surface area contributed by atoms with Gasteiger partial charge in [0, 0.05) is 0 Å². The Balaban J connectivity index is 2.35. The highest BCUT2D eigenvalue weighted by molar-refractivity contribution is 7.86. The lowest BCUT2D eigenvalue weighted by atomic mass is 9.95.